The summed E-state index contributed by atoms with van der Waals surface area (Å²) in [6.45, 7) is 4.72. The summed E-state index contributed by atoms with van der Waals surface area (Å²) in [7, 11) is 0. The maximum absolute atomic E-state index is 12.6. The van der Waals surface area contributed by atoms with E-state index in [0.29, 0.717) is 11.6 Å². The fourth-order valence-corrected chi connectivity index (χ4v) is 4.07. The van der Waals surface area contributed by atoms with Crippen LogP contribution in [0.3, 0.4) is 0 Å². The zero-order valence-corrected chi connectivity index (χ0v) is 15.3. The van der Waals surface area contributed by atoms with Crippen molar-refractivity contribution in [3.8, 4) is 0 Å². The number of aromatic nitrogens is 1. The Balaban J connectivity index is 1.53. The Morgan fingerprint density at radius 2 is 1.69 bits per heavy atom. The van der Waals surface area contributed by atoms with Crippen LogP contribution in [0.5, 0.6) is 0 Å². The Morgan fingerprint density at radius 1 is 1.00 bits per heavy atom. The van der Waals surface area contributed by atoms with Gasteiger partial charge in [0, 0.05) is 50.9 Å². The Labute approximate surface area is 153 Å². The van der Waals surface area contributed by atoms with Crippen molar-refractivity contribution in [3.05, 3.63) is 36.0 Å². The van der Waals surface area contributed by atoms with Gasteiger partial charge in [0.25, 0.3) is 5.91 Å². The molecule has 0 atom stereocenters. The fraction of sp³-hybridized carbons (Fsp3) is 0.500. The molecular weight excluding hydrogens is 328 g/mol. The highest BCUT2D eigenvalue weighted by atomic mass is 16.2. The molecule has 1 N–H and O–H groups in total. The zero-order chi connectivity index (χ0) is 18.1. The van der Waals surface area contributed by atoms with E-state index >= 15 is 0 Å². The second kappa shape index (κ2) is 7.02. The lowest BCUT2D eigenvalue weighted by Gasteiger charge is -2.35. The van der Waals surface area contributed by atoms with Crippen LogP contribution < -0.4 is 10.2 Å². The zero-order valence-electron chi connectivity index (χ0n) is 15.3. The lowest BCUT2D eigenvalue weighted by Crippen LogP contribution is -2.48. The van der Waals surface area contributed by atoms with E-state index in [2.05, 4.69) is 26.8 Å². The van der Waals surface area contributed by atoms with Crippen LogP contribution in [-0.2, 0) is 4.79 Å². The van der Waals surface area contributed by atoms with Gasteiger partial charge in [-0.05, 0) is 37.1 Å². The molecule has 0 aromatic carbocycles. The van der Waals surface area contributed by atoms with Crippen molar-refractivity contribution in [2.75, 3.05) is 31.1 Å². The van der Waals surface area contributed by atoms with Gasteiger partial charge in [-0.2, -0.15) is 0 Å². The van der Waals surface area contributed by atoms with Crippen molar-refractivity contribution in [3.63, 3.8) is 0 Å². The van der Waals surface area contributed by atoms with Crippen molar-refractivity contribution in [1.29, 1.82) is 0 Å². The number of anilines is 1. The average Bonchev–Trinajstić information content (AvgIpc) is 3.30. The Kier molecular flexibility index (Phi) is 4.57. The van der Waals surface area contributed by atoms with E-state index in [1.807, 2.05) is 23.2 Å². The minimum absolute atomic E-state index is 0.0137. The molecule has 1 aliphatic heterocycles. The van der Waals surface area contributed by atoms with Crippen molar-refractivity contribution in [2.24, 2.45) is 0 Å². The number of rotatable bonds is 3. The lowest BCUT2D eigenvalue weighted by molar-refractivity contribution is -0.129. The summed E-state index contributed by atoms with van der Waals surface area (Å²) in [5.74, 6) is 1.23. The molecule has 4 rings (SSSR count). The molecule has 1 saturated heterocycles. The van der Waals surface area contributed by atoms with E-state index in [1.54, 1.807) is 6.92 Å². The van der Waals surface area contributed by atoms with Gasteiger partial charge in [0.05, 0.1) is 5.56 Å². The van der Waals surface area contributed by atoms with Crippen molar-refractivity contribution in [2.45, 2.75) is 38.6 Å². The van der Waals surface area contributed by atoms with Crippen molar-refractivity contribution >= 4 is 23.1 Å². The van der Waals surface area contributed by atoms with Crippen LogP contribution in [0.15, 0.2) is 30.5 Å². The number of amides is 2. The number of fused-ring (bicyclic) bond motifs is 1. The van der Waals surface area contributed by atoms with Crippen LogP contribution in [-0.4, -0.2) is 53.3 Å². The number of carbonyl (C=O) groups is 2. The minimum Gasteiger partial charge on any atom is -0.354 e. The van der Waals surface area contributed by atoms with Crippen LogP contribution >= 0.6 is 0 Å². The molecule has 6 heteroatoms. The maximum Gasteiger partial charge on any atom is 0.252 e. The molecule has 26 heavy (non-hydrogen) atoms. The van der Waals surface area contributed by atoms with Crippen LogP contribution in [0.4, 0.5) is 5.82 Å². The molecule has 2 amide bonds. The number of hydrogen-bond donors (Lipinski definition) is 1. The molecular formula is C20H26N4O2. The third-order valence-corrected chi connectivity index (χ3v) is 5.63. The first-order valence-electron chi connectivity index (χ1n) is 9.54. The van der Waals surface area contributed by atoms with Gasteiger partial charge in [0.2, 0.25) is 5.91 Å². The van der Waals surface area contributed by atoms with E-state index in [-0.39, 0.29) is 11.8 Å². The predicted molar refractivity (Wildman–Crippen MR) is 102 cm³/mol. The molecule has 138 valence electrons. The number of carbonyl (C=O) groups excluding carboxylic acids is 2. The molecule has 0 radical (unpaired) electrons. The smallest absolute Gasteiger partial charge is 0.252 e. The summed E-state index contributed by atoms with van der Waals surface area (Å²) in [5.41, 5.74) is 1.77. The van der Waals surface area contributed by atoms with Gasteiger partial charge in [-0.1, -0.05) is 12.8 Å². The highest BCUT2D eigenvalue weighted by molar-refractivity contribution is 5.94. The number of pyridine rings is 1. The molecule has 2 aromatic heterocycles. The van der Waals surface area contributed by atoms with Gasteiger partial charge in [0.1, 0.15) is 5.82 Å². The van der Waals surface area contributed by atoms with Gasteiger partial charge >= 0.3 is 0 Å². The average molecular weight is 354 g/mol. The van der Waals surface area contributed by atoms with E-state index in [4.69, 9.17) is 0 Å². The van der Waals surface area contributed by atoms with E-state index < -0.39 is 0 Å². The van der Waals surface area contributed by atoms with Gasteiger partial charge in [-0.25, -0.2) is 0 Å². The summed E-state index contributed by atoms with van der Waals surface area (Å²) in [4.78, 5) is 28.3. The lowest BCUT2D eigenvalue weighted by atomic mass is 10.2. The van der Waals surface area contributed by atoms with E-state index in [1.165, 1.54) is 12.8 Å². The summed E-state index contributed by atoms with van der Waals surface area (Å²) in [5, 5.41) is 3.16. The normalized spacial score (nSPS) is 18.5. The molecule has 2 aliphatic rings. The second-order valence-corrected chi connectivity index (χ2v) is 7.35. The molecule has 2 aromatic rings. The molecule has 1 aliphatic carbocycles. The Bertz CT molecular complexity index is 814. The first-order chi connectivity index (χ1) is 12.6. The van der Waals surface area contributed by atoms with E-state index in [9.17, 15) is 9.59 Å². The maximum atomic E-state index is 12.6. The topological polar surface area (TPSA) is 57.1 Å². The molecule has 0 bridgehead atoms. The number of piperazine rings is 1. The largest absolute Gasteiger partial charge is 0.354 e. The Hall–Kier alpha value is -2.50. The van der Waals surface area contributed by atoms with Gasteiger partial charge in [-0.3, -0.25) is 9.59 Å². The monoisotopic (exact) mass is 354 g/mol. The molecule has 1 saturated carbocycles. The molecule has 3 heterocycles. The number of hydrogen-bond acceptors (Lipinski definition) is 3. The third-order valence-electron chi connectivity index (χ3n) is 5.63. The van der Waals surface area contributed by atoms with Crippen molar-refractivity contribution < 1.29 is 9.59 Å². The van der Waals surface area contributed by atoms with Crippen molar-refractivity contribution in [1.82, 2.24) is 14.6 Å². The second-order valence-electron chi connectivity index (χ2n) is 7.35. The third kappa shape index (κ3) is 3.28. The molecule has 0 spiro atoms. The first-order valence-corrected chi connectivity index (χ1v) is 9.54. The molecule has 2 fully saturated rings. The summed E-state index contributed by atoms with van der Waals surface area (Å²) < 4.78 is 2.09. The van der Waals surface area contributed by atoms with Crippen LogP contribution in [0, 0.1) is 0 Å². The molecule has 0 unspecified atom stereocenters. The summed E-state index contributed by atoms with van der Waals surface area (Å²) in [6.07, 6.45) is 6.52. The highest BCUT2D eigenvalue weighted by Gasteiger charge is 2.22. The highest BCUT2D eigenvalue weighted by Crippen LogP contribution is 2.23. The summed E-state index contributed by atoms with van der Waals surface area (Å²) >= 11 is 0. The van der Waals surface area contributed by atoms with Crippen LogP contribution in [0.25, 0.3) is 5.52 Å². The number of nitrogens with zero attached hydrogens (tertiary/aromatic N) is 3. The predicted octanol–water partition coefficient (Wildman–Crippen LogP) is 2.28. The van der Waals surface area contributed by atoms with Gasteiger partial charge in [-0.15, -0.1) is 0 Å². The standard InChI is InChI=1S/C20H26N4O2/c1-15(25)22-10-12-23(13-11-22)19-9-8-18-7-6-16(14-24(18)19)20(26)21-17-4-2-3-5-17/h6-9,14,17H,2-5,10-13H2,1H3,(H,21,26). The SMILES string of the molecule is CC(=O)N1CCN(c2ccc3ccc(C(=O)NC4CCCC4)cn23)CC1. The quantitative estimate of drug-likeness (QED) is 0.920. The minimum atomic E-state index is 0.0137. The first kappa shape index (κ1) is 16.9. The fourth-order valence-electron chi connectivity index (χ4n) is 4.07. The summed E-state index contributed by atoms with van der Waals surface area (Å²) in [6, 6.07) is 8.39. The van der Waals surface area contributed by atoms with Crippen LogP contribution in [0.1, 0.15) is 43.0 Å². The van der Waals surface area contributed by atoms with E-state index in [0.717, 1.165) is 50.4 Å². The van der Waals surface area contributed by atoms with Gasteiger partial charge < -0.3 is 19.5 Å². The molecule has 6 nitrogen and oxygen atoms in total. The Morgan fingerprint density at radius 3 is 2.38 bits per heavy atom. The van der Waals surface area contributed by atoms with Gasteiger partial charge in [0.15, 0.2) is 0 Å². The van der Waals surface area contributed by atoms with Crippen LogP contribution in [0.2, 0.25) is 0 Å². The number of nitrogens with one attached hydrogen (secondary N) is 1.